The Kier molecular flexibility index (Phi) is 18.4. The number of unbranched alkanes of at least 4 members (excludes halogenated alkanes) is 12. The Bertz CT molecular complexity index is 335. The molecule has 0 amide bonds. The summed E-state index contributed by atoms with van der Waals surface area (Å²) in [7, 11) is 0. The Labute approximate surface area is 164 Å². The second-order valence-electron chi connectivity index (χ2n) is 8.06. The molecule has 0 aromatic carbocycles. The van der Waals surface area contributed by atoms with Crippen molar-refractivity contribution in [1.82, 2.24) is 0 Å². The van der Waals surface area contributed by atoms with Gasteiger partial charge < -0.3 is 4.74 Å². The van der Waals surface area contributed by atoms with Crippen LogP contribution in [-0.2, 0) is 9.53 Å². The van der Waals surface area contributed by atoms with Crippen LogP contribution in [-0.4, -0.2) is 12.6 Å². The van der Waals surface area contributed by atoms with Crippen LogP contribution >= 0.6 is 0 Å². The molecule has 154 valence electrons. The van der Waals surface area contributed by atoms with Crippen molar-refractivity contribution in [3.63, 3.8) is 0 Å². The monoisotopic (exact) mass is 366 g/mol. The third kappa shape index (κ3) is 16.7. The number of ether oxygens (including phenoxy) is 1. The van der Waals surface area contributed by atoms with Crippen molar-refractivity contribution in [2.75, 3.05) is 6.61 Å². The maximum Gasteiger partial charge on any atom is 0.333 e. The molecule has 0 spiro atoms. The van der Waals surface area contributed by atoms with Crippen molar-refractivity contribution in [3.8, 4) is 0 Å². The average molecular weight is 367 g/mol. The summed E-state index contributed by atoms with van der Waals surface area (Å²) in [5.41, 5.74) is 0.510. The zero-order valence-corrected chi connectivity index (χ0v) is 18.1. The van der Waals surface area contributed by atoms with E-state index in [4.69, 9.17) is 4.74 Å². The van der Waals surface area contributed by atoms with Crippen LogP contribution in [0.15, 0.2) is 12.2 Å². The van der Waals surface area contributed by atoms with E-state index in [1.54, 1.807) is 6.92 Å². The second kappa shape index (κ2) is 19.0. The summed E-state index contributed by atoms with van der Waals surface area (Å²) in [4.78, 5) is 11.7. The van der Waals surface area contributed by atoms with Gasteiger partial charge in [0.1, 0.15) is 0 Å². The highest BCUT2D eigenvalue weighted by Crippen LogP contribution is 2.20. The van der Waals surface area contributed by atoms with Gasteiger partial charge >= 0.3 is 5.97 Å². The first-order valence-corrected chi connectivity index (χ1v) is 11.4. The number of esters is 1. The fourth-order valence-electron chi connectivity index (χ4n) is 3.41. The topological polar surface area (TPSA) is 26.3 Å². The van der Waals surface area contributed by atoms with Gasteiger partial charge in [-0.05, 0) is 25.7 Å². The van der Waals surface area contributed by atoms with E-state index in [0.29, 0.717) is 18.1 Å². The van der Waals surface area contributed by atoms with Gasteiger partial charge in [0.25, 0.3) is 0 Å². The Morgan fingerprint density at radius 1 is 0.731 bits per heavy atom. The lowest BCUT2D eigenvalue weighted by atomic mass is 9.94. The first kappa shape index (κ1) is 25.2. The number of hydrogen-bond acceptors (Lipinski definition) is 2. The van der Waals surface area contributed by atoms with Crippen molar-refractivity contribution in [1.29, 1.82) is 0 Å². The first-order valence-electron chi connectivity index (χ1n) is 11.4. The molecule has 0 aromatic heterocycles. The zero-order chi connectivity index (χ0) is 19.5. The lowest BCUT2D eigenvalue weighted by molar-refractivity contribution is -0.140. The minimum Gasteiger partial charge on any atom is -0.462 e. The molecule has 0 heterocycles. The zero-order valence-electron chi connectivity index (χ0n) is 18.1. The third-order valence-corrected chi connectivity index (χ3v) is 5.23. The van der Waals surface area contributed by atoms with E-state index < -0.39 is 0 Å². The normalized spacial score (nSPS) is 12.1. The Hall–Kier alpha value is -0.790. The summed E-state index contributed by atoms with van der Waals surface area (Å²) in [5, 5.41) is 0. The van der Waals surface area contributed by atoms with E-state index in [1.165, 1.54) is 103 Å². The summed E-state index contributed by atoms with van der Waals surface area (Å²) < 4.78 is 5.45. The van der Waals surface area contributed by atoms with Crippen LogP contribution in [0.4, 0.5) is 0 Å². The van der Waals surface area contributed by atoms with E-state index in [0.717, 1.165) is 0 Å². The molecule has 0 aliphatic rings. The van der Waals surface area contributed by atoms with Crippen LogP contribution < -0.4 is 0 Å². The molecule has 0 radical (unpaired) electrons. The highest BCUT2D eigenvalue weighted by molar-refractivity contribution is 5.86. The molecule has 0 bridgehead atoms. The first-order chi connectivity index (χ1) is 12.6. The lowest BCUT2D eigenvalue weighted by Gasteiger charge is -2.17. The van der Waals surface area contributed by atoms with Crippen LogP contribution in [0.5, 0.6) is 0 Å². The van der Waals surface area contributed by atoms with Crippen LogP contribution in [0.1, 0.15) is 124 Å². The van der Waals surface area contributed by atoms with Gasteiger partial charge in [-0.25, -0.2) is 4.79 Å². The van der Waals surface area contributed by atoms with E-state index >= 15 is 0 Å². The summed E-state index contributed by atoms with van der Waals surface area (Å²) in [6.07, 6.45) is 21.2. The largest absolute Gasteiger partial charge is 0.462 e. The molecular weight excluding hydrogens is 320 g/mol. The van der Waals surface area contributed by atoms with Crippen molar-refractivity contribution >= 4 is 5.97 Å². The molecule has 1 unspecified atom stereocenters. The predicted octanol–water partition coefficient (Wildman–Crippen LogP) is 8.00. The van der Waals surface area contributed by atoms with Crippen LogP contribution in [0, 0.1) is 5.92 Å². The molecule has 1 atom stereocenters. The quantitative estimate of drug-likeness (QED) is 0.131. The van der Waals surface area contributed by atoms with E-state index in [1.807, 2.05) is 0 Å². The maximum atomic E-state index is 11.7. The maximum absolute atomic E-state index is 11.7. The summed E-state index contributed by atoms with van der Waals surface area (Å²) in [5.74, 6) is 0.304. The summed E-state index contributed by atoms with van der Waals surface area (Å²) >= 11 is 0. The molecule has 26 heavy (non-hydrogen) atoms. The van der Waals surface area contributed by atoms with Crippen molar-refractivity contribution in [2.24, 2.45) is 5.92 Å². The van der Waals surface area contributed by atoms with Gasteiger partial charge in [-0.2, -0.15) is 0 Å². The fraction of sp³-hybridized carbons (Fsp3) is 0.875. The highest BCUT2D eigenvalue weighted by atomic mass is 16.5. The Balaban J connectivity index is 3.92. The van der Waals surface area contributed by atoms with Crippen molar-refractivity contribution in [2.45, 2.75) is 124 Å². The van der Waals surface area contributed by atoms with E-state index in [9.17, 15) is 4.79 Å². The molecule has 0 aromatic rings. The van der Waals surface area contributed by atoms with E-state index in [2.05, 4.69) is 20.4 Å². The molecule has 0 N–H and O–H groups in total. The average Bonchev–Trinajstić information content (AvgIpc) is 2.63. The standard InChI is InChI=1S/C24H46O2/c1-5-7-9-11-13-14-16-18-20-23(21-26-24(25)22(3)4)19-17-15-12-10-8-6-2/h23H,3,5-21H2,1-2,4H3. The minimum absolute atomic E-state index is 0.228. The lowest BCUT2D eigenvalue weighted by Crippen LogP contribution is -2.15. The van der Waals surface area contributed by atoms with Gasteiger partial charge in [0, 0.05) is 5.57 Å². The van der Waals surface area contributed by atoms with Gasteiger partial charge in [-0.1, -0.05) is 110 Å². The second-order valence-corrected chi connectivity index (χ2v) is 8.06. The molecule has 0 aliphatic heterocycles. The number of rotatable bonds is 19. The molecule has 0 saturated carbocycles. The van der Waals surface area contributed by atoms with Gasteiger partial charge in [-0.3, -0.25) is 0 Å². The Morgan fingerprint density at radius 3 is 1.50 bits per heavy atom. The molecule has 0 saturated heterocycles. The van der Waals surface area contributed by atoms with Crippen LogP contribution in [0.3, 0.4) is 0 Å². The number of hydrogen-bond donors (Lipinski definition) is 0. The van der Waals surface area contributed by atoms with Gasteiger partial charge in [0.2, 0.25) is 0 Å². The molecule has 0 aliphatic carbocycles. The molecular formula is C24H46O2. The van der Waals surface area contributed by atoms with Gasteiger partial charge in [-0.15, -0.1) is 0 Å². The number of carbonyl (C=O) groups excluding carboxylic acids is 1. The smallest absolute Gasteiger partial charge is 0.333 e. The van der Waals surface area contributed by atoms with Crippen molar-refractivity contribution in [3.05, 3.63) is 12.2 Å². The van der Waals surface area contributed by atoms with Gasteiger partial charge in [0.15, 0.2) is 0 Å². The van der Waals surface area contributed by atoms with E-state index in [-0.39, 0.29) is 5.97 Å². The summed E-state index contributed by atoms with van der Waals surface area (Å²) in [6.45, 7) is 10.5. The van der Waals surface area contributed by atoms with Crippen molar-refractivity contribution < 1.29 is 9.53 Å². The SMILES string of the molecule is C=C(C)C(=O)OCC(CCCCCCCC)CCCCCCCCCC. The Morgan fingerprint density at radius 2 is 1.12 bits per heavy atom. The molecule has 0 fully saturated rings. The number of carbonyl (C=O) groups is 1. The minimum atomic E-state index is -0.228. The molecule has 2 nitrogen and oxygen atoms in total. The molecule has 0 rings (SSSR count). The van der Waals surface area contributed by atoms with Crippen LogP contribution in [0.2, 0.25) is 0 Å². The third-order valence-electron chi connectivity index (χ3n) is 5.23. The summed E-state index contributed by atoms with van der Waals surface area (Å²) in [6, 6.07) is 0. The molecule has 2 heteroatoms. The highest BCUT2D eigenvalue weighted by Gasteiger charge is 2.12. The van der Waals surface area contributed by atoms with Crippen LogP contribution in [0.25, 0.3) is 0 Å². The fourth-order valence-corrected chi connectivity index (χ4v) is 3.41. The van der Waals surface area contributed by atoms with Gasteiger partial charge in [0.05, 0.1) is 6.61 Å². The predicted molar refractivity (Wildman–Crippen MR) is 114 cm³/mol.